The van der Waals surface area contributed by atoms with Crippen LogP contribution in [0.1, 0.15) is 51.5 Å². The Morgan fingerprint density at radius 2 is 1.90 bits per heavy atom. The van der Waals surface area contributed by atoms with Gasteiger partial charge in [-0.2, -0.15) is 0 Å². The van der Waals surface area contributed by atoms with Gasteiger partial charge in [-0.05, 0) is 49.8 Å². The van der Waals surface area contributed by atoms with Gasteiger partial charge in [0, 0.05) is 19.6 Å². The fourth-order valence-corrected chi connectivity index (χ4v) is 3.81. The average Bonchev–Trinajstić information content (AvgIpc) is 2.52. The lowest BCUT2D eigenvalue weighted by atomic mass is 9.84. The van der Waals surface area contributed by atoms with Gasteiger partial charge in [-0.1, -0.05) is 44.0 Å². The van der Waals surface area contributed by atoms with Gasteiger partial charge < -0.3 is 10.2 Å². The molecular weight excluding hydrogens is 280 g/mol. The summed E-state index contributed by atoms with van der Waals surface area (Å²) in [5.74, 6) is 0.933. The summed E-state index contributed by atoms with van der Waals surface area (Å²) in [6.45, 7) is 6.33. The number of benzene rings is 1. The van der Waals surface area contributed by atoms with Gasteiger partial charge in [-0.3, -0.25) is 0 Å². The van der Waals surface area contributed by atoms with Gasteiger partial charge in [0.25, 0.3) is 0 Å². The molecule has 1 aromatic carbocycles. The molecule has 0 saturated heterocycles. The van der Waals surface area contributed by atoms with Crippen LogP contribution >= 0.6 is 11.6 Å². The van der Waals surface area contributed by atoms with Gasteiger partial charge in [0.1, 0.15) is 0 Å². The van der Waals surface area contributed by atoms with Crippen molar-refractivity contribution in [2.24, 2.45) is 5.92 Å². The Hall–Kier alpha value is -0.730. The maximum atomic E-state index is 6.51. The maximum absolute atomic E-state index is 6.51. The highest BCUT2D eigenvalue weighted by atomic mass is 35.5. The lowest BCUT2D eigenvalue weighted by Gasteiger charge is -2.37. The molecule has 0 aliphatic heterocycles. The largest absolute Gasteiger partial charge is 0.370 e. The highest BCUT2D eigenvalue weighted by Crippen LogP contribution is 2.36. The molecule has 3 heteroatoms. The van der Waals surface area contributed by atoms with Crippen LogP contribution in [0.2, 0.25) is 5.02 Å². The zero-order valence-corrected chi connectivity index (χ0v) is 14.4. The van der Waals surface area contributed by atoms with Crippen molar-refractivity contribution in [1.29, 1.82) is 0 Å². The van der Waals surface area contributed by atoms with Crippen LogP contribution < -0.4 is 10.2 Å². The number of rotatable bonds is 6. The van der Waals surface area contributed by atoms with E-state index in [1.165, 1.54) is 43.4 Å². The monoisotopic (exact) mass is 308 g/mol. The van der Waals surface area contributed by atoms with E-state index in [9.17, 15) is 0 Å². The van der Waals surface area contributed by atoms with Crippen molar-refractivity contribution in [1.82, 2.24) is 5.32 Å². The van der Waals surface area contributed by atoms with E-state index in [2.05, 4.69) is 43.2 Å². The Bertz CT molecular complexity index is 439. The minimum Gasteiger partial charge on any atom is -0.370 e. The molecule has 0 bridgehead atoms. The number of para-hydroxylation sites is 1. The number of nitrogens with one attached hydrogen (secondary N) is 1. The Labute approximate surface area is 134 Å². The fourth-order valence-electron chi connectivity index (χ4n) is 3.48. The summed E-state index contributed by atoms with van der Waals surface area (Å²) >= 11 is 6.51. The van der Waals surface area contributed by atoms with E-state index in [-0.39, 0.29) is 0 Å². The summed E-state index contributed by atoms with van der Waals surface area (Å²) in [7, 11) is 2.22. The van der Waals surface area contributed by atoms with E-state index in [4.69, 9.17) is 11.6 Å². The van der Waals surface area contributed by atoms with Crippen LogP contribution in [0.3, 0.4) is 0 Å². The van der Waals surface area contributed by atoms with Crippen LogP contribution in [0.25, 0.3) is 0 Å². The van der Waals surface area contributed by atoms with Gasteiger partial charge >= 0.3 is 0 Å². The van der Waals surface area contributed by atoms with Crippen LogP contribution in [0.15, 0.2) is 18.2 Å². The number of halogens is 1. The number of nitrogens with zero attached hydrogens (tertiary/aromatic N) is 1. The molecule has 0 heterocycles. The van der Waals surface area contributed by atoms with Crippen molar-refractivity contribution in [3.63, 3.8) is 0 Å². The summed E-state index contributed by atoms with van der Waals surface area (Å²) in [6.07, 6.45) is 6.63. The Balaban J connectivity index is 2.12. The third kappa shape index (κ3) is 4.14. The molecule has 1 saturated carbocycles. The second-order valence-electron chi connectivity index (χ2n) is 6.22. The van der Waals surface area contributed by atoms with E-state index in [1.807, 2.05) is 6.07 Å². The zero-order valence-electron chi connectivity index (χ0n) is 13.7. The molecule has 1 aliphatic rings. The number of hydrogen-bond donors (Lipinski definition) is 1. The first kappa shape index (κ1) is 16.6. The molecule has 2 nitrogen and oxygen atoms in total. The molecule has 1 N–H and O–H groups in total. The first-order valence-corrected chi connectivity index (χ1v) is 8.76. The first-order chi connectivity index (χ1) is 10.2. The molecule has 1 aliphatic carbocycles. The lowest BCUT2D eigenvalue weighted by Crippen LogP contribution is -2.36. The second-order valence-corrected chi connectivity index (χ2v) is 6.63. The molecule has 21 heavy (non-hydrogen) atoms. The molecule has 118 valence electrons. The number of hydrogen-bond acceptors (Lipinski definition) is 2. The molecule has 1 aromatic rings. The quantitative estimate of drug-likeness (QED) is 0.807. The summed E-state index contributed by atoms with van der Waals surface area (Å²) in [6, 6.07) is 6.90. The molecular formula is C18H29ClN2. The minimum absolute atomic E-state index is 0.632. The molecule has 1 fully saturated rings. The van der Waals surface area contributed by atoms with E-state index in [0.717, 1.165) is 24.0 Å². The predicted octanol–water partition coefficient (Wildman–Crippen LogP) is 4.85. The van der Waals surface area contributed by atoms with E-state index >= 15 is 0 Å². The van der Waals surface area contributed by atoms with Crippen molar-refractivity contribution in [2.75, 3.05) is 18.5 Å². The van der Waals surface area contributed by atoms with Crippen molar-refractivity contribution in [3.05, 3.63) is 28.8 Å². The normalized spacial score (nSPS) is 22.3. The lowest BCUT2D eigenvalue weighted by molar-refractivity contribution is 0.313. The Morgan fingerprint density at radius 1 is 1.19 bits per heavy atom. The van der Waals surface area contributed by atoms with Gasteiger partial charge in [0.05, 0.1) is 10.7 Å². The Morgan fingerprint density at radius 3 is 2.52 bits per heavy atom. The molecule has 0 amide bonds. The third-order valence-corrected chi connectivity index (χ3v) is 5.23. The third-order valence-electron chi connectivity index (χ3n) is 4.93. The van der Waals surface area contributed by atoms with Crippen LogP contribution in [0, 0.1) is 5.92 Å². The topological polar surface area (TPSA) is 15.3 Å². The molecule has 0 atom stereocenters. The SMILES string of the molecule is CCNCc1cccc(Cl)c1N(C)C1CCC(CC)CC1. The highest BCUT2D eigenvalue weighted by Gasteiger charge is 2.25. The highest BCUT2D eigenvalue weighted by molar-refractivity contribution is 6.33. The van der Waals surface area contributed by atoms with Crippen molar-refractivity contribution >= 4 is 17.3 Å². The van der Waals surface area contributed by atoms with Crippen molar-refractivity contribution in [2.45, 2.75) is 58.5 Å². The van der Waals surface area contributed by atoms with Gasteiger partial charge in [-0.25, -0.2) is 0 Å². The van der Waals surface area contributed by atoms with Gasteiger partial charge in [0.15, 0.2) is 0 Å². The summed E-state index contributed by atoms with van der Waals surface area (Å²) in [4.78, 5) is 2.43. The standard InChI is InChI=1S/C18H29ClN2/c1-4-14-9-11-16(12-10-14)21(3)18-15(13-20-5-2)7-6-8-17(18)19/h6-8,14,16,20H,4-5,9-13H2,1-3H3. The predicted molar refractivity (Wildman–Crippen MR) is 93.3 cm³/mol. The van der Waals surface area contributed by atoms with Crippen LogP contribution in [0.5, 0.6) is 0 Å². The van der Waals surface area contributed by atoms with Crippen molar-refractivity contribution in [3.8, 4) is 0 Å². The molecule has 0 aromatic heterocycles. The van der Waals surface area contributed by atoms with E-state index < -0.39 is 0 Å². The van der Waals surface area contributed by atoms with Crippen LogP contribution in [-0.2, 0) is 6.54 Å². The summed E-state index contributed by atoms with van der Waals surface area (Å²) < 4.78 is 0. The van der Waals surface area contributed by atoms with Crippen LogP contribution in [0.4, 0.5) is 5.69 Å². The minimum atomic E-state index is 0.632. The molecule has 0 radical (unpaired) electrons. The second kappa shape index (κ2) is 8.05. The van der Waals surface area contributed by atoms with Gasteiger partial charge in [-0.15, -0.1) is 0 Å². The smallest absolute Gasteiger partial charge is 0.0642 e. The van der Waals surface area contributed by atoms with E-state index in [0.29, 0.717) is 6.04 Å². The maximum Gasteiger partial charge on any atom is 0.0642 e. The van der Waals surface area contributed by atoms with E-state index in [1.54, 1.807) is 0 Å². The zero-order chi connectivity index (χ0) is 15.2. The summed E-state index contributed by atoms with van der Waals surface area (Å²) in [5, 5.41) is 4.30. The average molecular weight is 309 g/mol. The molecule has 0 unspecified atom stereocenters. The summed E-state index contributed by atoms with van der Waals surface area (Å²) in [5.41, 5.74) is 2.53. The molecule has 0 spiro atoms. The molecule has 2 rings (SSSR count). The van der Waals surface area contributed by atoms with Gasteiger partial charge in [0.2, 0.25) is 0 Å². The fraction of sp³-hybridized carbons (Fsp3) is 0.667. The number of anilines is 1. The first-order valence-electron chi connectivity index (χ1n) is 8.38. The Kier molecular flexibility index (Phi) is 6.38. The van der Waals surface area contributed by atoms with Crippen LogP contribution in [-0.4, -0.2) is 19.6 Å². The van der Waals surface area contributed by atoms with Crippen molar-refractivity contribution < 1.29 is 0 Å².